The molecule has 0 amide bonds. The van der Waals surface area contributed by atoms with E-state index >= 15 is 0 Å². The van der Waals surface area contributed by atoms with E-state index in [1.807, 2.05) is 0 Å². The molecule has 1 unspecified atom stereocenters. The first-order valence-corrected chi connectivity index (χ1v) is 8.50. The number of halogens is 1. The molecule has 1 N–H and O–H groups in total. The van der Waals surface area contributed by atoms with Gasteiger partial charge in [-0.1, -0.05) is 36.7 Å². The molecule has 0 fully saturated rings. The summed E-state index contributed by atoms with van der Waals surface area (Å²) in [6.45, 7) is 11.0. The number of hydrogen-bond acceptors (Lipinski definition) is 2. The van der Waals surface area contributed by atoms with Crippen molar-refractivity contribution in [3.8, 4) is 5.75 Å². The monoisotopic (exact) mass is 341 g/mol. The van der Waals surface area contributed by atoms with Gasteiger partial charge >= 0.3 is 0 Å². The first-order chi connectivity index (χ1) is 9.54. The van der Waals surface area contributed by atoms with Crippen LogP contribution in [0.2, 0.25) is 0 Å². The van der Waals surface area contributed by atoms with Gasteiger partial charge < -0.3 is 10.1 Å². The van der Waals surface area contributed by atoms with Crippen LogP contribution in [0.3, 0.4) is 0 Å². The lowest BCUT2D eigenvalue weighted by Crippen LogP contribution is -2.19. The second-order valence-corrected chi connectivity index (χ2v) is 6.57. The van der Waals surface area contributed by atoms with Gasteiger partial charge in [-0.2, -0.15) is 0 Å². The van der Waals surface area contributed by atoms with Crippen molar-refractivity contribution in [2.75, 3.05) is 13.1 Å². The van der Waals surface area contributed by atoms with Crippen molar-refractivity contribution >= 4 is 15.9 Å². The fraction of sp³-hybridized carbons (Fsp3) is 0.647. The molecule has 0 bridgehead atoms. The van der Waals surface area contributed by atoms with Gasteiger partial charge in [-0.25, -0.2) is 0 Å². The van der Waals surface area contributed by atoms with Crippen LogP contribution in [0.25, 0.3) is 0 Å². The highest BCUT2D eigenvalue weighted by Crippen LogP contribution is 2.30. The topological polar surface area (TPSA) is 21.3 Å². The summed E-state index contributed by atoms with van der Waals surface area (Å²) in [4.78, 5) is 0. The first kappa shape index (κ1) is 17.5. The van der Waals surface area contributed by atoms with Crippen LogP contribution in [0.5, 0.6) is 5.75 Å². The fourth-order valence-corrected chi connectivity index (χ4v) is 2.55. The first-order valence-electron chi connectivity index (χ1n) is 7.71. The Balaban J connectivity index is 2.47. The molecule has 3 heteroatoms. The van der Waals surface area contributed by atoms with Gasteiger partial charge in [-0.15, -0.1) is 0 Å². The van der Waals surface area contributed by atoms with Crippen molar-refractivity contribution in [2.45, 2.75) is 59.0 Å². The molecular formula is C17H28BrNO. The van der Waals surface area contributed by atoms with Crippen LogP contribution >= 0.6 is 15.9 Å². The van der Waals surface area contributed by atoms with E-state index in [1.54, 1.807) is 0 Å². The zero-order valence-corrected chi connectivity index (χ0v) is 14.8. The highest BCUT2D eigenvalue weighted by Gasteiger charge is 2.11. The van der Waals surface area contributed by atoms with Crippen LogP contribution in [0.15, 0.2) is 22.7 Å². The van der Waals surface area contributed by atoms with Crippen LogP contribution in [0.1, 0.15) is 58.4 Å². The third kappa shape index (κ3) is 6.27. The van der Waals surface area contributed by atoms with Gasteiger partial charge in [-0.3, -0.25) is 0 Å². The highest BCUT2D eigenvalue weighted by molar-refractivity contribution is 9.10. The third-order valence-electron chi connectivity index (χ3n) is 3.31. The van der Waals surface area contributed by atoms with Gasteiger partial charge in [0.05, 0.1) is 6.10 Å². The Bertz CT molecular complexity index is 393. The normalized spacial score (nSPS) is 12.7. The maximum atomic E-state index is 6.12. The van der Waals surface area contributed by atoms with Gasteiger partial charge in [0.2, 0.25) is 0 Å². The molecule has 0 saturated carbocycles. The Morgan fingerprint density at radius 3 is 2.60 bits per heavy atom. The fourth-order valence-electron chi connectivity index (χ4n) is 2.17. The molecule has 1 aromatic rings. The number of rotatable bonds is 9. The van der Waals surface area contributed by atoms with Crippen molar-refractivity contribution in [2.24, 2.45) is 0 Å². The second-order valence-electron chi connectivity index (χ2n) is 5.66. The Labute approximate surface area is 132 Å². The van der Waals surface area contributed by atoms with E-state index in [0.717, 1.165) is 36.2 Å². The van der Waals surface area contributed by atoms with Crippen LogP contribution in [-0.2, 0) is 0 Å². The van der Waals surface area contributed by atoms with Gasteiger partial charge in [-0.05, 0) is 69.0 Å². The molecule has 0 spiro atoms. The average molecular weight is 342 g/mol. The molecular weight excluding hydrogens is 314 g/mol. The van der Waals surface area contributed by atoms with E-state index in [4.69, 9.17) is 4.74 Å². The summed E-state index contributed by atoms with van der Waals surface area (Å²) in [5.74, 6) is 1.50. The average Bonchev–Trinajstić information content (AvgIpc) is 2.40. The maximum absolute atomic E-state index is 6.12. The van der Waals surface area contributed by atoms with Crippen molar-refractivity contribution in [3.05, 3.63) is 28.2 Å². The maximum Gasteiger partial charge on any atom is 0.123 e. The van der Waals surface area contributed by atoms with E-state index < -0.39 is 0 Å². The van der Waals surface area contributed by atoms with Crippen molar-refractivity contribution in [1.29, 1.82) is 0 Å². The predicted octanol–water partition coefficient (Wildman–Crippen LogP) is 5.12. The van der Waals surface area contributed by atoms with Gasteiger partial charge in [0.1, 0.15) is 5.75 Å². The van der Waals surface area contributed by atoms with Crippen LogP contribution in [-0.4, -0.2) is 19.2 Å². The molecule has 20 heavy (non-hydrogen) atoms. The lowest BCUT2D eigenvalue weighted by atomic mass is 10.0. The standard InChI is InChI=1S/C17H28BrNO/c1-5-10-19-11-6-7-14(4)20-17-9-8-15(18)12-16(17)13(2)3/h8-9,12-14,19H,5-7,10-11H2,1-4H3. The smallest absolute Gasteiger partial charge is 0.123 e. The summed E-state index contributed by atoms with van der Waals surface area (Å²) in [6.07, 6.45) is 3.71. The summed E-state index contributed by atoms with van der Waals surface area (Å²) in [5.41, 5.74) is 1.27. The number of hydrogen-bond donors (Lipinski definition) is 1. The van der Waals surface area contributed by atoms with Crippen LogP contribution in [0.4, 0.5) is 0 Å². The van der Waals surface area contributed by atoms with E-state index in [1.165, 1.54) is 12.0 Å². The molecule has 1 atom stereocenters. The van der Waals surface area contributed by atoms with E-state index in [0.29, 0.717) is 5.92 Å². The summed E-state index contributed by atoms with van der Waals surface area (Å²) in [6, 6.07) is 6.29. The van der Waals surface area contributed by atoms with Crippen LogP contribution in [0, 0.1) is 0 Å². The largest absolute Gasteiger partial charge is 0.490 e. The Hall–Kier alpha value is -0.540. The Kier molecular flexibility index (Phi) is 8.24. The molecule has 1 aromatic carbocycles. The van der Waals surface area contributed by atoms with E-state index in [9.17, 15) is 0 Å². The van der Waals surface area contributed by atoms with E-state index in [-0.39, 0.29) is 6.10 Å². The molecule has 0 radical (unpaired) electrons. The molecule has 1 rings (SSSR count). The Morgan fingerprint density at radius 2 is 1.95 bits per heavy atom. The number of nitrogens with one attached hydrogen (secondary N) is 1. The number of benzene rings is 1. The van der Waals surface area contributed by atoms with E-state index in [2.05, 4.69) is 67.1 Å². The van der Waals surface area contributed by atoms with Crippen molar-refractivity contribution in [1.82, 2.24) is 5.32 Å². The highest BCUT2D eigenvalue weighted by atomic mass is 79.9. The molecule has 0 aromatic heterocycles. The van der Waals surface area contributed by atoms with Gasteiger partial charge in [0, 0.05) is 4.47 Å². The molecule has 2 nitrogen and oxygen atoms in total. The lowest BCUT2D eigenvalue weighted by Gasteiger charge is -2.19. The quantitative estimate of drug-likeness (QED) is 0.629. The second kappa shape index (κ2) is 9.41. The number of ether oxygens (including phenoxy) is 1. The minimum atomic E-state index is 0.261. The molecule has 0 heterocycles. The SMILES string of the molecule is CCCNCCCC(C)Oc1ccc(Br)cc1C(C)C. The summed E-state index contributed by atoms with van der Waals surface area (Å²) in [7, 11) is 0. The summed E-state index contributed by atoms with van der Waals surface area (Å²) in [5, 5.41) is 3.43. The molecule has 0 saturated heterocycles. The van der Waals surface area contributed by atoms with Crippen LogP contribution < -0.4 is 10.1 Å². The zero-order chi connectivity index (χ0) is 15.0. The molecule has 114 valence electrons. The van der Waals surface area contributed by atoms with Gasteiger partial charge in [0.15, 0.2) is 0 Å². The Morgan fingerprint density at radius 1 is 1.20 bits per heavy atom. The third-order valence-corrected chi connectivity index (χ3v) is 3.81. The summed E-state index contributed by atoms with van der Waals surface area (Å²) >= 11 is 3.53. The lowest BCUT2D eigenvalue weighted by molar-refractivity contribution is 0.205. The van der Waals surface area contributed by atoms with Gasteiger partial charge in [0.25, 0.3) is 0 Å². The minimum absolute atomic E-state index is 0.261. The van der Waals surface area contributed by atoms with Crippen molar-refractivity contribution in [3.63, 3.8) is 0 Å². The summed E-state index contributed by atoms with van der Waals surface area (Å²) < 4.78 is 7.24. The minimum Gasteiger partial charge on any atom is -0.490 e. The zero-order valence-electron chi connectivity index (χ0n) is 13.2. The molecule has 0 aliphatic heterocycles. The molecule has 0 aliphatic carbocycles. The van der Waals surface area contributed by atoms with Crippen molar-refractivity contribution < 1.29 is 4.74 Å². The predicted molar refractivity (Wildman–Crippen MR) is 90.7 cm³/mol. The molecule has 0 aliphatic rings.